The number of halogens is 1. The summed E-state index contributed by atoms with van der Waals surface area (Å²) in [6, 6.07) is 12.5. The average molecular weight is 425 g/mol. The van der Waals surface area contributed by atoms with Gasteiger partial charge in [0.05, 0.1) is 23.2 Å². The lowest BCUT2D eigenvalue weighted by Gasteiger charge is -2.25. The van der Waals surface area contributed by atoms with Gasteiger partial charge in [-0.05, 0) is 36.8 Å². The van der Waals surface area contributed by atoms with E-state index in [-0.39, 0.29) is 24.4 Å². The van der Waals surface area contributed by atoms with Crippen LogP contribution in [-0.2, 0) is 11.3 Å². The summed E-state index contributed by atoms with van der Waals surface area (Å²) in [4.78, 5) is 19.5. The van der Waals surface area contributed by atoms with Gasteiger partial charge >= 0.3 is 0 Å². The molecule has 154 valence electrons. The molecule has 30 heavy (non-hydrogen) atoms. The van der Waals surface area contributed by atoms with Gasteiger partial charge in [0.25, 0.3) is 5.91 Å². The van der Waals surface area contributed by atoms with Gasteiger partial charge in [-0.25, -0.2) is 14.1 Å². The van der Waals surface area contributed by atoms with Crippen LogP contribution >= 0.6 is 11.3 Å². The van der Waals surface area contributed by atoms with Crippen LogP contribution in [0.5, 0.6) is 0 Å². The first-order chi connectivity index (χ1) is 14.5. The Kier molecular flexibility index (Phi) is 5.61. The maximum absolute atomic E-state index is 14.4. The van der Waals surface area contributed by atoms with E-state index in [1.165, 1.54) is 23.7 Å². The topological polar surface area (TPSA) is 60.2 Å². The molecule has 4 rings (SSSR count). The van der Waals surface area contributed by atoms with Crippen molar-refractivity contribution in [3.8, 4) is 5.69 Å². The number of rotatable bonds is 6. The predicted molar refractivity (Wildman–Crippen MR) is 114 cm³/mol. The molecule has 0 unspecified atom stereocenters. The summed E-state index contributed by atoms with van der Waals surface area (Å²) in [5.41, 5.74) is 2.47. The number of amides is 1. The summed E-state index contributed by atoms with van der Waals surface area (Å²) in [5.74, 6) is -0.496. The minimum Gasteiger partial charge on any atom is -0.380 e. The molecule has 0 aliphatic carbocycles. The maximum Gasteiger partial charge on any atom is 0.264 e. The van der Waals surface area contributed by atoms with Gasteiger partial charge in [0.1, 0.15) is 18.5 Å². The second kappa shape index (κ2) is 8.33. The first-order valence-corrected chi connectivity index (χ1v) is 10.2. The van der Waals surface area contributed by atoms with Crippen molar-refractivity contribution in [3.05, 3.63) is 76.9 Å². The van der Waals surface area contributed by atoms with Crippen LogP contribution < -0.4 is 0 Å². The zero-order valence-electron chi connectivity index (χ0n) is 16.9. The van der Waals surface area contributed by atoms with Crippen LogP contribution in [0.3, 0.4) is 0 Å². The predicted octanol–water partition coefficient (Wildman–Crippen LogP) is 4.60. The van der Waals surface area contributed by atoms with E-state index < -0.39 is 0 Å². The number of ether oxygens (including phenoxy) is 1. The van der Waals surface area contributed by atoms with Crippen LogP contribution in [0.15, 0.2) is 55.1 Å². The van der Waals surface area contributed by atoms with Crippen LogP contribution in [0.25, 0.3) is 15.8 Å². The Bertz CT molecular complexity index is 1170. The summed E-state index contributed by atoms with van der Waals surface area (Å²) < 4.78 is 22.1. The van der Waals surface area contributed by atoms with Crippen LogP contribution in [0.1, 0.15) is 33.8 Å². The van der Waals surface area contributed by atoms with Crippen molar-refractivity contribution in [2.45, 2.75) is 19.6 Å². The first-order valence-electron chi connectivity index (χ1n) is 9.42. The lowest BCUT2D eigenvalue weighted by atomic mass is 10.1. The van der Waals surface area contributed by atoms with E-state index in [1.807, 2.05) is 37.3 Å². The van der Waals surface area contributed by atoms with Crippen molar-refractivity contribution >= 4 is 27.3 Å². The summed E-state index contributed by atoms with van der Waals surface area (Å²) in [5, 5.41) is 4.58. The Morgan fingerprint density at radius 1 is 1.27 bits per heavy atom. The van der Waals surface area contributed by atoms with Gasteiger partial charge in [0.2, 0.25) is 0 Å². The number of carbonyl (C=O) groups is 1. The van der Waals surface area contributed by atoms with Crippen molar-refractivity contribution in [2.24, 2.45) is 0 Å². The smallest absolute Gasteiger partial charge is 0.264 e. The number of thiophene rings is 1. The quantitative estimate of drug-likeness (QED) is 0.454. The third kappa shape index (κ3) is 3.59. The molecule has 0 fully saturated rings. The molecule has 0 bridgehead atoms. The van der Waals surface area contributed by atoms with Crippen molar-refractivity contribution in [1.29, 1.82) is 0 Å². The highest BCUT2D eigenvalue weighted by molar-refractivity contribution is 7.21. The third-order valence-electron chi connectivity index (χ3n) is 5.21. The second-order valence-electron chi connectivity index (χ2n) is 6.98. The van der Waals surface area contributed by atoms with Crippen molar-refractivity contribution in [1.82, 2.24) is 19.7 Å². The molecular weight excluding hydrogens is 403 g/mol. The summed E-state index contributed by atoms with van der Waals surface area (Å²) >= 11 is 1.30. The van der Waals surface area contributed by atoms with Gasteiger partial charge in [-0.3, -0.25) is 4.79 Å². The van der Waals surface area contributed by atoms with Gasteiger partial charge < -0.3 is 9.64 Å². The van der Waals surface area contributed by atoms with Crippen LogP contribution in [0.2, 0.25) is 0 Å². The number of nitrogens with zero attached hydrogens (tertiary/aromatic N) is 4. The van der Waals surface area contributed by atoms with E-state index in [9.17, 15) is 9.18 Å². The maximum atomic E-state index is 14.4. The molecule has 1 atom stereocenters. The zero-order valence-corrected chi connectivity index (χ0v) is 17.7. The minimum atomic E-state index is -0.339. The lowest BCUT2D eigenvalue weighted by Crippen LogP contribution is -2.29. The largest absolute Gasteiger partial charge is 0.380 e. The number of carbonyl (C=O) groups excluding carboxylic acids is 1. The highest BCUT2D eigenvalue weighted by Crippen LogP contribution is 2.35. The fraction of sp³-hybridized carbons (Fsp3) is 0.227. The van der Waals surface area contributed by atoms with E-state index in [1.54, 1.807) is 36.1 Å². The summed E-state index contributed by atoms with van der Waals surface area (Å²) in [6.07, 6.45) is 3.11. The minimum absolute atomic E-state index is 0.157. The fourth-order valence-electron chi connectivity index (χ4n) is 3.43. The van der Waals surface area contributed by atoms with E-state index in [0.717, 1.165) is 16.0 Å². The summed E-state index contributed by atoms with van der Waals surface area (Å²) in [7, 11) is 3.30. The lowest BCUT2D eigenvalue weighted by molar-refractivity contribution is 0.0743. The molecule has 0 spiro atoms. The molecule has 2 aromatic heterocycles. The van der Waals surface area contributed by atoms with Crippen molar-refractivity contribution in [2.75, 3.05) is 14.2 Å². The van der Waals surface area contributed by atoms with Gasteiger partial charge in [0.15, 0.2) is 0 Å². The van der Waals surface area contributed by atoms with E-state index in [4.69, 9.17) is 4.74 Å². The first kappa shape index (κ1) is 20.2. The molecule has 0 saturated carbocycles. The monoisotopic (exact) mass is 424 g/mol. The van der Waals surface area contributed by atoms with Crippen LogP contribution in [-0.4, -0.2) is 39.7 Å². The number of hydrogen-bond donors (Lipinski definition) is 0. The van der Waals surface area contributed by atoms with Crippen molar-refractivity contribution < 1.29 is 13.9 Å². The standard InChI is InChI=1S/C22H21FN4O2S/c1-14(15-7-9-16(10-8-15)27-13-24-12-25-27)26(2)22(28)21-17(11-29-3)20-18(23)5-4-6-19(20)30-21/h4-10,12-14H,11H2,1-3H3/t14-/m0/s1. The van der Waals surface area contributed by atoms with E-state index in [2.05, 4.69) is 10.1 Å². The van der Waals surface area contributed by atoms with Crippen LogP contribution in [0, 0.1) is 5.82 Å². The van der Waals surface area contributed by atoms with Gasteiger partial charge in [0, 0.05) is 29.8 Å². The molecule has 2 aromatic carbocycles. The molecule has 0 aliphatic heterocycles. The molecule has 0 radical (unpaired) electrons. The average Bonchev–Trinajstić information content (AvgIpc) is 3.42. The molecule has 0 saturated heterocycles. The van der Waals surface area contributed by atoms with Gasteiger partial charge in [-0.2, -0.15) is 5.10 Å². The SMILES string of the molecule is COCc1c(C(=O)N(C)[C@@H](C)c2ccc(-n3cncn3)cc2)sc2cccc(F)c12. The fourth-order valence-corrected chi connectivity index (χ4v) is 4.63. The molecule has 6 nitrogen and oxygen atoms in total. The van der Waals surface area contributed by atoms with Crippen molar-refractivity contribution in [3.63, 3.8) is 0 Å². The molecular formula is C22H21FN4O2S. The normalized spacial score (nSPS) is 12.3. The van der Waals surface area contributed by atoms with E-state index in [0.29, 0.717) is 15.8 Å². The Balaban J connectivity index is 1.63. The Hall–Kier alpha value is -3.10. The third-order valence-corrected chi connectivity index (χ3v) is 6.39. The zero-order chi connectivity index (χ0) is 21.3. The number of benzene rings is 2. The molecule has 2 heterocycles. The Morgan fingerprint density at radius 2 is 2.03 bits per heavy atom. The van der Waals surface area contributed by atoms with E-state index >= 15 is 0 Å². The number of methoxy groups -OCH3 is 1. The molecule has 8 heteroatoms. The Labute approximate surface area is 177 Å². The van der Waals surface area contributed by atoms with Gasteiger partial charge in [-0.1, -0.05) is 18.2 Å². The van der Waals surface area contributed by atoms with Gasteiger partial charge in [-0.15, -0.1) is 11.3 Å². The summed E-state index contributed by atoms with van der Waals surface area (Å²) in [6.45, 7) is 2.14. The Morgan fingerprint density at radius 3 is 2.70 bits per heavy atom. The molecule has 4 aromatic rings. The molecule has 0 aliphatic rings. The molecule has 0 N–H and O–H groups in total. The highest BCUT2D eigenvalue weighted by Gasteiger charge is 2.26. The highest BCUT2D eigenvalue weighted by atomic mass is 32.1. The van der Waals surface area contributed by atoms with Crippen LogP contribution in [0.4, 0.5) is 4.39 Å². The number of fused-ring (bicyclic) bond motifs is 1. The second-order valence-corrected chi connectivity index (χ2v) is 8.03. The molecule has 1 amide bonds. The number of aromatic nitrogens is 3. The number of hydrogen-bond acceptors (Lipinski definition) is 5.